The lowest BCUT2D eigenvalue weighted by molar-refractivity contribution is -0.139. The minimum atomic E-state index is -4.72. The molecule has 0 atom stereocenters. The summed E-state index contributed by atoms with van der Waals surface area (Å²) in [6.07, 6.45) is -5.33. The largest absolute Gasteiger partial charge is 0.497 e. The van der Waals surface area contributed by atoms with Gasteiger partial charge in [-0.05, 0) is 83.8 Å². The summed E-state index contributed by atoms with van der Waals surface area (Å²) in [6.45, 7) is 1.19. The topological polar surface area (TPSA) is 122 Å². The van der Waals surface area contributed by atoms with Gasteiger partial charge in [-0.25, -0.2) is 4.79 Å². The van der Waals surface area contributed by atoms with E-state index < -0.39 is 48.5 Å². The van der Waals surface area contributed by atoms with E-state index in [0.717, 1.165) is 33.7 Å². The van der Waals surface area contributed by atoms with Crippen LogP contribution in [0.25, 0.3) is 11.1 Å². The molecule has 13 heteroatoms. The predicted octanol–water partition coefficient (Wildman–Crippen LogP) is 8.47. The summed E-state index contributed by atoms with van der Waals surface area (Å²) in [5.41, 5.74) is 2.73. The van der Waals surface area contributed by atoms with Crippen LogP contribution in [0.4, 0.5) is 18.9 Å². The van der Waals surface area contributed by atoms with Crippen molar-refractivity contribution < 1.29 is 46.9 Å². The monoisotopic (exact) mass is 744 g/mol. The number of rotatable bonds is 12. The Kier molecular flexibility index (Phi) is 11.8. The Morgan fingerprint density at radius 2 is 1.43 bits per heavy atom. The highest BCUT2D eigenvalue weighted by atomic mass is 35.5. The van der Waals surface area contributed by atoms with Gasteiger partial charge in [0, 0.05) is 12.2 Å². The molecule has 272 valence electrons. The van der Waals surface area contributed by atoms with Gasteiger partial charge in [0.1, 0.15) is 18.0 Å². The lowest BCUT2D eigenvalue weighted by Gasteiger charge is -2.22. The number of halogens is 4. The summed E-state index contributed by atoms with van der Waals surface area (Å²) in [5, 5.41) is 11.9. The minimum Gasteiger partial charge on any atom is -0.497 e. The summed E-state index contributed by atoms with van der Waals surface area (Å²) < 4.78 is 51.1. The Hall–Kier alpha value is -6.14. The van der Waals surface area contributed by atoms with Crippen LogP contribution in [0, 0.1) is 6.92 Å². The number of carboxylic acids is 1. The molecule has 53 heavy (non-hydrogen) atoms. The number of hydrogen-bond acceptors (Lipinski definition) is 6. The fourth-order valence-corrected chi connectivity index (χ4v) is 5.63. The molecule has 5 aromatic rings. The van der Waals surface area contributed by atoms with Crippen LogP contribution in [-0.4, -0.2) is 47.4 Å². The molecule has 0 radical (unpaired) electrons. The third-order valence-electron chi connectivity index (χ3n) is 8.08. The average molecular weight is 745 g/mol. The van der Waals surface area contributed by atoms with Crippen molar-refractivity contribution in [2.75, 3.05) is 19.0 Å². The lowest BCUT2D eigenvalue weighted by atomic mass is 10.0. The Morgan fingerprint density at radius 3 is 2.02 bits per heavy atom. The van der Waals surface area contributed by atoms with Crippen molar-refractivity contribution in [3.05, 3.63) is 148 Å². The Morgan fingerprint density at radius 1 is 0.811 bits per heavy atom. The molecule has 0 fully saturated rings. The van der Waals surface area contributed by atoms with E-state index in [2.05, 4.69) is 5.32 Å². The maximum absolute atomic E-state index is 13.6. The fraction of sp³-hybridized carbons (Fsp3) is 0.150. The SMILES string of the molecule is COc1ccc(CC(=O)Nc2ccc(C(=O)N(CC(=O)O)Cc3ccc(OC(=O)c4ccc(-c5ccc(C)cc5)cc4)cc3)c(Cl)c2)c(C(F)(F)F)c1. The van der Waals surface area contributed by atoms with Crippen LogP contribution >= 0.6 is 11.6 Å². The second-order valence-corrected chi connectivity index (χ2v) is 12.4. The van der Waals surface area contributed by atoms with Crippen molar-refractivity contribution in [3.8, 4) is 22.6 Å². The zero-order valence-corrected chi connectivity index (χ0v) is 29.1. The number of carboxylic acid groups (broad SMARTS) is 1. The third kappa shape index (κ3) is 10.0. The molecule has 0 aliphatic carbocycles. The Balaban J connectivity index is 1.22. The molecule has 0 saturated heterocycles. The van der Waals surface area contributed by atoms with Crippen LogP contribution < -0.4 is 14.8 Å². The number of anilines is 1. The molecule has 0 aliphatic rings. The first-order valence-corrected chi connectivity index (χ1v) is 16.4. The second-order valence-electron chi connectivity index (χ2n) is 12.0. The van der Waals surface area contributed by atoms with Crippen molar-refractivity contribution in [1.82, 2.24) is 4.90 Å². The van der Waals surface area contributed by atoms with Crippen molar-refractivity contribution in [2.24, 2.45) is 0 Å². The molecule has 2 N–H and O–H groups in total. The molecule has 0 aliphatic heterocycles. The van der Waals surface area contributed by atoms with E-state index in [0.29, 0.717) is 11.1 Å². The highest BCUT2D eigenvalue weighted by Gasteiger charge is 2.34. The first-order chi connectivity index (χ1) is 25.2. The van der Waals surface area contributed by atoms with E-state index >= 15 is 0 Å². The van der Waals surface area contributed by atoms with Gasteiger partial charge in [0.2, 0.25) is 5.91 Å². The first kappa shape index (κ1) is 38.1. The lowest BCUT2D eigenvalue weighted by Crippen LogP contribution is -2.35. The van der Waals surface area contributed by atoms with Crippen molar-refractivity contribution in [1.29, 1.82) is 0 Å². The number of esters is 1. The number of amides is 2. The fourth-order valence-electron chi connectivity index (χ4n) is 5.37. The van der Waals surface area contributed by atoms with Gasteiger partial charge < -0.3 is 24.8 Å². The molecule has 5 aromatic carbocycles. The third-order valence-corrected chi connectivity index (χ3v) is 8.40. The molecule has 0 unspecified atom stereocenters. The summed E-state index contributed by atoms with van der Waals surface area (Å²) in [6, 6.07) is 28.3. The molecule has 0 bridgehead atoms. The van der Waals surface area contributed by atoms with Crippen LogP contribution in [0.2, 0.25) is 5.02 Å². The summed E-state index contributed by atoms with van der Waals surface area (Å²) >= 11 is 6.38. The molecular weight excluding hydrogens is 713 g/mol. The number of nitrogens with one attached hydrogen (secondary N) is 1. The Bertz CT molecular complexity index is 2140. The van der Waals surface area contributed by atoms with E-state index in [1.54, 1.807) is 24.3 Å². The van der Waals surface area contributed by atoms with E-state index in [9.17, 15) is 37.5 Å². The number of aliphatic carboxylic acids is 1. The van der Waals surface area contributed by atoms with Gasteiger partial charge in [-0.3, -0.25) is 14.4 Å². The molecule has 2 amide bonds. The number of alkyl halides is 3. The van der Waals surface area contributed by atoms with Crippen LogP contribution in [0.1, 0.15) is 43.0 Å². The zero-order valence-electron chi connectivity index (χ0n) is 28.4. The molecule has 0 aromatic heterocycles. The highest BCUT2D eigenvalue weighted by Crippen LogP contribution is 2.35. The van der Waals surface area contributed by atoms with Gasteiger partial charge in [-0.2, -0.15) is 13.2 Å². The van der Waals surface area contributed by atoms with Crippen LogP contribution in [0.3, 0.4) is 0 Å². The van der Waals surface area contributed by atoms with Gasteiger partial charge >= 0.3 is 18.1 Å². The average Bonchev–Trinajstić information content (AvgIpc) is 3.12. The number of hydrogen-bond donors (Lipinski definition) is 2. The first-order valence-electron chi connectivity index (χ1n) is 16.0. The van der Waals surface area contributed by atoms with Gasteiger partial charge in [-0.15, -0.1) is 0 Å². The number of methoxy groups -OCH3 is 1. The Labute approximate surface area is 307 Å². The van der Waals surface area contributed by atoms with Gasteiger partial charge in [-0.1, -0.05) is 71.8 Å². The standard InChI is InChI=1S/C40H32ClF3N2O7/c1-24-3-7-26(8-4-24)27-9-11-28(12-10-27)39(51)53-31-15-5-25(6-16-31)22-46(23-37(48)49)38(50)33-18-14-30(20-35(33)41)45-36(47)19-29-13-17-32(52-2)21-34(29)40(42,43)44/h3-18,20-21H,19,22-23H2,1-2H3,(H,45,47)(H,48,49). The normalized spacial score (nSPS) is 11.1. The number of benzene rings is 5. The van der Waals surface area contributed by atoms with Gasteiger partial charge in [0.05, 0.1) is 35.2 Å². The smallest absolute Gasteiger partial charge is 0.416 e. The number of nitrogens with zero attached hydrogens (tertiary/aromatic N) is 1. The number of ether oxygens (including phenoxy) is 2. The van der Waals surface area contributed by atoms with E-state index in [-0.39, 0.29) is 39.9 Å². The molecule has 0 saturated carbocycles. The highest BCUT2D eigenvalue weighted by molar-refractivity contribution is 6.34. The van der Waals surface area contributed by atoms with Crippen molar-refractivity contribution in [2.45, 2.75) is 26.1 Å². The molecule has 0 heterocycles. The summed E-state index contributed by atoms with van der Waals surface area (Å²) in [7, 11) is 1.23. The van der Waals surface area contributed by atoms with Crippen LogP contribution in [-0.2, 0) is 28.7 Å². The summed E-state index contributed by atoms with van der Waals surface area (Å²) in [4.78, 5) is 51.7. The summed E-state index contributed by atoms with van der Waals surface area (Å²) in [5.74, 6) is -3.13. The number of carbonyl (C=O) groups excluding carboxylic acids is 3. The van der Waals surface area contributed by atoms with Crippen LogP contribution in [0.15, 0.2) is 109 Å². The maximum atomic E-state index is 13.6. The molecular formula is C40H32ClF3N2O7. The van der Waals surface area contributed by atoms with Crippen molar-refractivity contribution in [3.63, 3.8) is 0 Å². The predicted molar refractivity (Wildman–Crippen MR) is 192 cm³/mol. The number of carbonyl (C=O) groups is 4. The maximum Gasteiger partial charge on any atom is 0.416 e. The van der Waals surface area contributed by atoms with Crippen molar-refractivity contribution >= 4 is 41.0 Å². The van der Waals surface area contributed by atoms with Crippen LogP contribution in [0.5, 0.6) is 11.5 Å². The number of aryl methyl sites for hydroxylation is 1. The van der Waals surface area contributed by atoms with Gasteiger partial charge in [0.25, 0.3) is 5.91 Å². The van der Waals surface area contributed by atoms with E-state index in [1.807, 2.05) is 43.3 Å². The van der Waals surface area contributed by atoms with E-state index in [1.165, 1.54) is 43.5 Å². The second kappa shape index (κ2) is 16.5. The molecule has 0 spiro atoms. The van der Waals surface area contributed by atoms with E-state index in [4.69, 9.17) is 21.1 Å². The zero-order chi connectivity index (χ0) is 38.3. The minimum absolute atomic E-state index is 0.0139. The molecule has 9 nitrogen and oxygen atoms in total. The van der Waals surface area contributed by atoms with Gasteiger partial charge in [0.15, 0.2) is 0 Å². The molecule has 5 rings (SSSR count). The quantitative estimate of drug-likeness (QED) is 0.0971.